The van der Waals surface area contributed by atoms with Crippen LogP contribution < -0.4 is 0 Å². The second kappa shape index (κ2) is 5.13. The van der Waals surface area contributed by atoms with Gasteiger partial charge in [-0.15, -0.1) is 0 Å². The summed E-state index contributed by atoms with van der Waals surface area (Å²) in [7, 11) is 0. The Kier molecular flexibility index (Phi) is 3.29. The Hall–Kier alpha value is -2.49. The molecule has 0 aliphatic heterocycles. The fourth-order valence-electron chi connectivity index (χ4n) is 2.54. The van der Waals surface area contributed by atoms with E-state index >= 15 is 0 Å². The molecule has 0 atom stereocenters. The summed E-state index contributed by atoms with van der Waals surface area (Å²) in [5.74, 6) is -0.750. The molecule has 1 aromatic heterocycles. The topological polar surface area (TPSA) is 17.8 Å². The minimum absolute atomic E-state index is 0.282. The lowest BCUT2D eigenvalue weighted by atomic mass is 10.1. The molecule has 0 amide bonds. The molecule has 0 unspecified atom stereocenters. The molecule has 106 valence electrons. The first-order chi connectivity index (χ1) is 10.1. The van der Waals surface area contributed by atoms with Crippen LogP contribution in [0.5, 0.6) is 0 Å². The lowest BCUT2D eigenvalue weighted by Gasteiger charge is -2.14. The number of hydrogen-bond acceptors (Lipinski definition) is 1. The van der Waals surface area contributed by atoms with E-state index in [1.54, 1.807) is 12.4 Å². The Balaban J connectivity index is 2.22. The average Bonchev–Trinajstić information content (AvgIpc) is 2.87. The van der Waals surface area contributed by atoms with Crippen LogP contribution in [0.15, 0.2) is 48.8 Å². The van der Waals surface area contributed by atoms with E-state index in [4.69, 9.17) is 0 Å². The molecule has 21 heavy (non-hydrogen) atoms. The highest BCUT2D eigenvalue weighted by atomic mass is 19.1. The zero-order valence-corrected chi connectivity index (χ0v) is 11.8. The van der Waals surface area contributed by atoms with Crippen LogP contribution in [0.25, 0.3) is 17.1 Å². The number of halogens is 2. The van der Waals surface area contributed by atoms with Gasteiger partial charge >= 0.3 is 0 Å². The molecule has 0 saturated carbocycles. The number of imidazole rings is 1. The molecule has 3 rings (SSSR count). The van der Waals surface area contributed by atoms with Crippen LogP contribution in [0.2, 0.25) is 0 Å². The molecule has 0 aliphatic carbocycles. The van der Waals surface area contributed by atoms with Crippen LogP contribution in [0, 0.1) is 25.5 Å². The van der Waals surface area contributed by atoms with E-state index in [9.17, 15) is 8.78 Å². The monoisotopic (exact) mass is 284 g/mol. The molecule has 4 heteroatoms. The molecule has 2 aromatic carbocycles. The highest BCUT2D eigenvalue weighted by molar-refractivity contribution is 5.61. The van der Waals surface area contributed by atoms with Gasteiger partial charge in [-0.1, -0.05) is 18.2 Å². The third kappa shape index (κ3) is 2.33. The van der Waals surface area contributed by atoms with Crippen molar-refractivity contribution >= 4 is 0 Å². The Bertz CT molecular complexity index is 786. The van der Waals surface area contributed by atoms with Crippen LogP contribution in [0.4, 0.5) is 8.78 Å². The first-order valence-electron chi connectivity index (χ1n) is 6.63. The van der Waals surface area contributed by atoms with Gasteiger partial charge in [-0.3, -0.25) is 4.57 Å². The van der Waals surface area contributed by atoms with E-state index in [1.165, 1.54) is 12.1 Å². The van der Waals surface area contributed by atoms with E-state index in [0.29, 0.717) is 5.82 Å². The minimum Gasteiger partial charge on any atom is -0.299 e. The Labute approximate surface area is 121 Å². The molecule has 0 bridgehead atoms. The first-order valence-corrected chi connectivity index (χ1v) is 6.63. The van der Waals surface area contributed by atoms with Gasteiger partial charge in [-0.05, 0) is 37.1 Å². The second-order valence-electron chi connectivity index (χ2n) is 4.99. The molecule has 0 radical (unpaired) electrons. The molecule has 3 aromatic rings. The number of rotatable bonds is 2. The Morgan fingerprint density at radius 2 is 1.71 bits per heavy atom. The van der Waals surface area contributed by atoms with Crippen LogP contribution in [-0.4, -0.2) is 9.55 Å². The van der Waals surface area contributed by atoms with E-state index in [1.807, 2.05) is 36.6 Å². The molecule has 0 saturated heterocycles. The summed E-state index contributed by atoms with van der Waals surface area (Å²) in [5.41, 5.74) is 3.38. The van der Waals surface area contributed by atoms with Gasteiger partial charge in [0.2, 0.25) is 0 Å². The number of aryl methyl sites for hydroxylation is 2. The summed E-state index contributed by atoms with van der Waals surface area (Å²) in [6.07, 6.45) is 3.40. The van der Waals surface area contributed by atoms with Gasteiger partial charge < -0.3 is 0 Å². The summed E-state index contributed by atoms with van der Waals surface area (Å²) in [6, 6.07) is 9.49. The fraction of sp³-hybridized carbons (Fsp3) is 0.118. The maximum Gasteiger partial charge on any atom is 0.147 e. The fourth-order valence-corrected chi connectivity index (χ4v) is 2.54. The third-order valence-electron chi connectivity index (χ3n) is 3.49. The summed E-state index contributed by atoms with van der Waals surface area (Å²) >= 11 is 0. The normalized spacial score (nSPS) is 10.9. The lowest BCUT2D eigenvalue weighted by molar-refractivity contribution is 0.584. The van der Waals surface area contributed by atoms with Gasteiger partial charge in [-0.25, -0.2) is 13.8 Å². The van der Waals surface area contributed by atoms with Crippen molar-refractivity contribution < 1.29 is 8.78 Å². The number of para-hydroxylation sites is 1. The summed E-state index contributed by atoms with van der Waals surface area (Å²) in [4.78, 5) is 4.24. The van der Waals surface area contributed by atoms with Crippen LogP contribution in [-0.2, 0) is 0 Å². The minimum atomic E-state index is -0.617. The molecule has 0 aliphatic rings. The average molecular weight is 284 g/mol. The van der Waals surface area contributed by atoms with Crippen molar-refractivity contribution in [3.05, 3.63) is 71.6 Å². The molecular weight excluding hydrogens is 270 g/mol. The van der Waals surface area contributed by atoms with Gasteiger partial charge in [0.25, 0.3) is 0 Å². The van der Waals surface area contributed by atoms with Crippen LogP contribution >= 0.6 is 0 Å². The maximum absolute atomic E-state index is 14.0. The summed E-state index contributed by atoms with van der Waals surface area (Å²) in [5, 5.41) is 0. The van der Waals surface area contributed by atoms with Gasteiger partial charge in [0, 0.05) is 18.5 Å². The zero-order chi connectivity index (χ0) is 15.0. The van der Waals surface area contributed by atoms with Gasteiger partial charge in [0.15, 0.2) is 0 Å². The van der Waals surface area contributed by atoms with Crippen molar-refractivity contribution in [3.63, 3.8) is 0 Å². The highest BCUT2D eigenvalue weighted by Crippen LogP contribution is 2.27. The third-order valence-corrected chi connectivity index (χ3v) is 3.49. The van der Waals surface area contributed by atoms with Crippen molar-refractivity contribution in [2.75, 3.05) is 0 Å². The zero-order valence-electron chi connectivity index (χ0n) is 11.8. The molecule has 1 heterocycles. The molecule has 2 nitrogen and oxygen atoms in total. The van der Waals surface area contributed by atoms with E-state index < -0.39 is 11.6 Å². The smallest absolute Gasteiger partial charge is 0.147 e. The largest absolute Gasteiger partial charge is 0.299 e. The van der Waals surface area contributed by atoms with E-state index in [0.717, 1.165) is 22.9 Å². The van der Waals surface area contributed by atoms with Crippen molar-refractivity contribution in [1.29, 1.82) is 0 Å². The number of aromatic nitrogens is 2. The summed E-state index contributed by atoms with van der Waals surface area (Å²) < 4.78 is 28.9. The van der Waals surface area contributed by atoms with Crippen LogP contribution in [0.1, 0.15) is 11.1 Å². The second-order valence-corrected chi connectivity index (χ2v) is 4.99. The Morgan fingerprint density at radius 1 is 1.00 bits per heavy atom. The lowest BCUT2D eigenvalue weighted by Crippen LogP contribution is -2.02. The molecule has 0 spiro atoms. The van der Waals surface area contributed by atoms with Gasteiger partial charge in [0.05, 0.1) is 11.3 Å². The van der Waals surface area contributed by atoms with E-state index in [2.05, 4.69) is 4.98 Å². The quantitative estimate of drug-likeness (QED) is 0.680. The standard InChI is InChI=1S/C17H14F2N2/c1-11-4-3-5-12(2)16(11)21-9-8-20-17(21)14-7-6-13(18)10-15(14)19/h3-10H,1-2H3. The van der Waals surface area contributed by atoms with E-state index in [-0.39, 0.29) is 5.56 Å². The molecular formula is C17H14F2N2. The number of benzene rings is 2. The SMILES string of the molecule is Cc1cccc(C)c1-n1ccnc1-c1ccc(F)cc1F. The summed E-state index contributed by atoms with van der Waals surface area (Å²) in [6.45, 7) is 3.99. The first kappa shape index (κ1) is 13.5. The van der Waals surface area contributed by atoms with Crippen molar-refractivity contribution in [1.82, 2.24) is 9.55 Å². The predicted molar refractivity (Wildman–Crippen MR) is 78.4 cm³/mol. The maximum atomic E-state index is 14.0. The Morgan fingerprint density at radius 3 is 2.38 bits per heavy atom. The number of hydrogen-bond donors (Lipinski definition) is 0. The number of nitrogens with zero attached hydrogens (tertiary/aromatic N) is 2. The molecule has 0 N–H and O–H groups in total. The van der Waals surface area contributed by atoms with Crippen molar-refractivity contribution in [2.45, 2.75) is 13.8 Å². The van der Waals surface area contributed by atoms with Gasteiger partial charge in [-0.2, -0.15) is 0 Å². The molecule has 0 fully saturated rings. The van der Waals surface area contributed by atoms with Crippen molar-refractivity contribution in [2.24, 2.45) is 0 Å². The van der Waals surface area contributed by atoms with Crippen molar-refractivity contribution in [3.8, 4) is 17.1 Å². The van der Waals surface area contributed by atoms with Crippen LogP contribution in [0.3, 0.4) is 0 Å². The highest BCUT2D eigenvalue weighted by Gasteiger charge is 2.15. The van der Waals surface area contributed by atoms with Gasteiger partial charge in [0.1, 0.15) is 17.5 Å². The predicted octanol–water partition coefficient (Wildman–Crippen LogP) is 4.43.